The van der Waals surface area contributed by atoms with Crippen LogP contribution in [0.3, 0.4) is 0 Å². The van der Waals surface area contributed by atoms with Gasteiger partial charge in [0.15, 0.2) is 0 Å². The van der Waals surface area contributed by atoms with E-state index in [0.29, 0.717) is 0 Å². The largest absolute Gasteiger partial charge is 0.507 e. The van der Waals surface area contributed by atoms with E-state index in [2.05, 4.69) is 168 Å². The number of rotatable bonds is 6. The van der Waals surface area contributed by atoms with Crippen molar-refractivity contribution in [2.45, 2.75) is 144 Å². The van der Waals surface area contributed by atoms with E-state index in [1.807, 2.05) is 27.7 Å². The highest BCUT2D eigenvalue weighted by Gasteiger charge is 2.34. The van der Waals surface area contributed by atoms with Crippen molar-refractivity contribution in [1.82, 2.24) is 0 Å². The fraction of sp³-hybridized carbons (Fsp3) is 0.379. The van der Waals surface area contributed by atoms with Crippen LogP contribution in [0.4, 0.5) is 0 Å². The molecule has 0 aliphatic carbocycles. The minimum atomic E-state index is -0.520. The van der Waals surface area contributed by atoms with Crippen LogP contribution in [0.5, 0.6) is 23.0 Å². The Hall–Kier alpha value is -5.26. The summed E-state index contributed by atoms with van der Waals surface area (Å²) in [7, 11) is 0. The van der Waals surface area contributed by atoms with E-state index in [1.165, 1.54) is 0 Å². The lowest BCUT2D eigenvalue weighted by Gasteiger charge is -2.29. The van der Waals surface area contributed by atoms with Crippen molar-refractivity contribution in [3.8, 4) is 23.0 Å². The van der Waals surface area contributed by atoms with Crippen LogP contribution in [0.1, 0.15) is 173 Å². The number of phenolic OH excluding ortho intramolecular Hbond substituents is 4. The van der Waals surface area contributed by atoms with E-state index in [4.69, 9.17) is 0 Å². The Bertz CT molecular complexity index is 2580. The highest BCUT2D eigenvalue weighted by atomic mass is 32.1. The second-order valence-electron chi connectivity index (χ2n) is 22.3. The molecule has 6 aromatic carbocycles. The first-order valence-electron chi connectivity index (χ1n) is 22.4. The van der Waals surface area contributed by atoms with E-state index in [9.17, 15) is 20.4 Å². The van der Waals surface area contributed by atoms with Crippen LogP contribution < -0.4 is 0 Å². The minimum absolute atomic E-state index is 0.196. The first-order chi connectivity index (χ1) is 29.1. The molecule has 0 amide bonds. The molecular weight excluding hydrogens is 793 g/mol. The summed E-state index contributed by atoms with van der Waals surface area (Å²) in [4.78, 5) is 0. The average molecular weight is 861 g/mol. The van der Waals surface area contributed by atoms with Gasteiger partial charge in [-0.05, 0) is 105 Å². The summed E-state index contributed by atoms with van der Waals surface area (Å²) >= 11 is 1.70. The molecule has 0 aliphatic heterocycles. The molecule has 0 atom stereocenters. The Balaban J connectivity index is 1.63. The molecule has 4 nitrogen and oxygen atoms in total. The first-order valence-corrected chi connectivity index (χ1v) is 23.2. The van der Waals surface area contributed by atoms with Gasteiger partial charge in [-0.3, -0.25) is 0 Å². The number of phenols is 4. The van der Waals surface area contributed by atoms with Crippen molar-refractivity contribution in [1.29, 1.82) is 0 Å². The van der Waals surface area contributed by atoms with Crippen LogP contribution in [0, 0.1) is 27.7 Å². The van der Waals surface area contributed by atoms with Crippen LogP contribution in [0.25, 0.3) is 20.2 Å². The summed E-state index contributed by atoms with van der Waals surface area (Å²) in [6, 6.07) is 29.7. The van der Waals surface area contributed by atoms with E-state index < -0.39 is 11.8 Å². The lowest BCUT2D eigenvalue weighted by molar-refractivity contribution is 0.451. The Morgan fingerprint density at radius 2 is 0.587 bits per heavy atom. The molecular formula is C58H68O4S. The zero-order valence-corrected chi connectivity index (χ0v) is 41.3. The third-order valence-corrected chi connectivity index (χ3v) is 14.6. The zero-order chi connectivity index (χ0) is 46.5. The normalized spacial score (nSPS) is 13.0. The van der Waals surface area contributed by atoms with E-state index in [1.54, 1.807) is 11.3 Å². The summed E-state index contributed by atoms with van der Waals surface area (Å²) in [6.07, 6.45) is 0. The van der Waals surface area contributed by atoms with E-state index in [-0.39, 0.29) is 44.7 Å². The van der Waals surface area contributed by atoms with Crippen molar-refractivity contribution >= 4 is 31.5 Å². The van der Waals surface area contributed by atoms with Crippen LogP contribution in [0.15, 0.2) is 84.9 Å². The predicted octanol–water partition coefficient (Wildman–Crippen LogP) is 15.7. The number of fused-ring (bicyclic) bond motifs is 3. The first kappa shape index (κ1) is 45.8. The Morgan fingerprint density at radius 3 is 0.810 bits per heavy atom. The Kier molecular flexibility index (Phi) is 11.5. The van der Waals surface area contributed by atoms with Gasteiger partial charge >= 0.3 is 0 Å². The van der Waals surface area contributed by atoms with E-state index in [0.717, 1.165) is 98.1 Å². The molecule has 0 spiro atoms. The topological polar surface area (TPSA) is 80.9 Å². The molecule has 0 bridgehead atoms. The fourth-order valence-electron chi connectivity index (χ4n) is 9.16. The van der Waals surface area contributed by atoms with Gasteiger partial charge in [0.05, 0.1) is 0 Å². The number of thiophene rings is 1. The predicted molar refractivity (Wildman–Crippen MR) is 267 cm³/mol. The molecule has 0 fully saturated rings. The molecule has 1 aromatic heterocycles. The maximum atomic E-state index is 12.2. The third-order valence-electron chi connectivity index (χ3n) is 13.2. The van der Waals surface area contributed by atoms with Gasteiger partial charge in [0.2, 0.25) is 0 Å². The molecule has 0 saturated carbocycles. The Morgan fingerprint density at radius 1 is 0.349 bits per heavy atom. The van der Waals surface area contributed by atoms with Crippen molar-refractivity contribution in [3.05, 3.63) is 163 Å². The average Bonchev–Trinajstić information content (AvgIpc) is 3.56. The molecule has 0 saturated heterocycles. The lowest BCUT2D eigenvalue weighted by Crippen LogP contribution is -2.15. The Labute approximate surface area is 380 Å². The number of benzene rings is 6. The molecule has 330 valence electrons. The fourth-order valence-corrected chi connectivity index (χ4v) is 10.6. The smallest absolute Gasteiger partial charge is 0.122 e. The molecule has 63 heavy (non-hydrogen) atoms. The van der Waals surface area contributed by atoms with E-state index >= 15 is 0 Å². The standard InChI is InChI=1S/C58H68O4S/c1-31-23-35(55(5,6)7)27-43(49(31)59)47(44-28-36(56(8,9)10)24-32(2)50(44)60)41-21-17-19-39-40-20-18-22-42(54(40)63-53(39)41)48(45-29-37(57(11,12)13)25-33(3)51(45)61)46-30-38(58(14,15)16)26-34(4)52(46)62/h17-30,47-48,59-62H,1-16H3. The molecule has 0 unspecified atom stereocenters. The highest BCUT2D eigenvalue weighted by molar-refractivity contribution is 7.26. The molecule has 5 heteroatoms. The quantitative estimate of drug-likeness (QED) is 0.126. The highest BCUT2D eigenvalue weighted by Crippen LogP contribution is 2.53. The maximum absolute atomic E-state index is 12.2. The molecule has 1 heterocycles. The van der Waals surface area contributed by atoms with Crippen LogP contribution in [0.2, 0.25) is 0 Å². The lowest BCUT2D eigenvalue weighted by atomic mass is 9.76. The molecule has 7 rings (SSSR count). The van der Waals surface area contributed by atoms with Gasteiger partial charge in [-0.15, -0.1) is 11.3 Å². The van der Waals surface area contributed by atoms with Gasteiger partial charge in [0.25, 0.3) is 0 Å². The van der Waals surface area contributed by atoms with Gasteiger partial charge < -0.3 is 20.4 Å². The molecule has 0 radical (unpaired) electrons. The number of aryl methyl sites for hydroxylation is 4. The summed E-state index contributed by atoms with van der Waals surface area (Å²) in [6.45, 7) is 34.2. The monoisotopic (exact) mass is 860 g/mol. The SMILES string of the molecule is Cc1cc(C(C)(C)C)cc(C(c2cc(C(C)(C)C)cc(C)c2O)c2cccc3c2sc2c(C(c4cc(C(C)(C)C)cc(C)c4O)c4cc(C(C)(C)C)cc(C)c4O)cccc23)c1O. The number of aromatic hydroxyl groups is 4. The van der Waals surface area contributed by atoms with Gasteiger partial charge in [-0.2, -0.15) is 0 Å². The van der Waals surface area contributed by atoms with Crippen molar-refractivity contribution < 1.29 is 20.4 Å². The second kappa shape index (κ2) is 15.8. The van der Waals surface area contributed by atoms with Crippen LogP contribution in [-0.2, 0) is 21.7 Å². The van der Waals surface area contributed by atoms with Crippen LogP contribution >= 0.6 is 11.3 Å². The summed E-state index contributed by atoms with van der Waals surface area (Å²) in [5.74, 6) is -0.154. The van der Waals surface area contributed by atoms with Gasteiger partial charge in [-0.25, -0.2) is 0 Å². The third kappa shape index (κ3) is 8.34. The van der Waals surface area contributed by atoms with Gasteiger partial charge in [0, 0.05) is 54.3 Å². The maximum Gasteiger partial charge on any atom is 0.122 e. The summed E-state index contributed by atoms with van der Waals surface area (Å²) < 4.78 is 2.10. The molecule has 7 aromatic rings. The summed E-state index contributed by atoms with van der Waals surface area (Å²) in [5, 5.41) is 50.9. The van der Waals surface area contributed by atoms with Crippen LogP contribution in [-0.4, -0.2) is 20.4 Å². The second-order valence-corrected chi connectivity index (χ2v) is 23.4. The van der Waals surface area contributed by atoms with Gasteiger partial charge in [0.1, 0.15) is 23.0 Å². The zero-order valence-electron chi connectivity index (χ0n) is 40.4. The van der Waals surface area contributed by atoms with Crippen molar-refractivity contribution in [2.75, 3.05) is 0 Å². The number of hydrogen-bond donors (Lipinski definition) is 4. The summed E-state index contributed by atoms with van der Waals surface area (Å²) in [5.41, 5.74) is 11.8. The van der Waals surface area contributed by atoms with Gasteiger partial charge in [-0.1, -0.05) is 168 Å². The minimum Gasteiger partial charge on any atom is -0.507 e. The molecule has 4 N–H and O–H groups in total. The number of hydrogen-bond acceptors (Lipinski definition) is 5. The molecule has 0 aliphatic rings. The van der Waals surface area contributed by atoms with Crippen molar-refractivity contribution in [2.24, 2.45) is 0 Å². The van der Waals surface area contributed by atoms with Crippen molar-refractivity contribution in [3.63, 3.8) is 0 Å².